The largest absolute Gasteiger partial charge is 0.497 e. The number of hydrogen-bond acceptors (Lipinski definition) is 6. The molecule has 4 rings (SSSR count). The summed E-state index contributed by atoms with van der Waals surface area (Å²) in [5.74, 6) is 0.663. The minimum absolute atomic E-state index is 0.0141. The van der Waals surface area contributed by atoms with Crippen LogP contribution in [0.2, 0.25) is 0 Å². The van der Waals surface area contributed by atoms with Crippen molar-refractivity contribution in [1.82, 2.24) is 9.88 Å². The van der Waals surface area contributed by atoms with E-state index in [1.165, 1.54) is 23.9 Å². The van der Waals surface area contributed by atoms with Crippen molar-refractivity contribution in [2.45, 2.75) is 5.03 Å². The fourth-order valence-electron chi connectivity index (χ4n) is 3.53. The molecule has 8 heteroatoms. The maximum absolute atomic E-state index is 13.1. The Labute approximate surface area is 184 Å². The first kappa shape index (κ1) is 20.9. The lowest BCUT2D eigenvalue weighted by Gasteiger charge is -2.36. The molecule has 0 aliphatic carbocycles. The van der Waals surface area contributed by atoms with E-state index in [1.54, 1.807) is 25.3 Å². The highest BCUT2D eigenvalue weighted by molar-refractivity contribution is 8.00. The van der Waals surface area contributed by atoms with Gasteiger partial charge in [-0.25, -0.2) is 9.37 Å². The standard InChI is InChI=1S/C23H21FN4O2S/c1-30-20-7-2-16-12-17(14-25)23(26-21(16)13-20)31-15-22(29)28-10-8-27(9-11-28)19-5-3-18(24)4-6-19/h2-7,12-13H,8-11,15H2,1H3. The molecule has 1 aliphatic rings. The highest BCUT2D eigenvalue weighted by atomic mass is 32.2. The van der Waals surface area contributed by atoms with Crippen molar-refractivity contribution in [2.24, 2.45) is 0 Å². The number of rotatable bonds is 5. The van der Waals surface area contributed by atoms with Crippen LogP contribution >= 0.6 is 11.8 Å². The molecule has 1 aliphatic heterocycles. The Hall–Kier alpha value is -3.31. The SMILES string of the molecule is COc1ccc2cc(C#N)c(SCC(=O)N3CCN(c4ccc(F)cc4)CC3)nc2c1. The van der Waals surface area contributed by atoms with Gasteiger partial charge in [0.2, 0.25) is 5.91 Å². The number of aromatic nitrogens is 1. The fraction of sp³-hybridized carbons (Fsp3) is 0.261. The van der Waals surface area contributed by atoms with E-state index in [0.717, 1.165) is 16.6 Å². The molecule has 0 saturated carbocycles. The maximum atomic E-state index is 13.1. The summed E-state index contributed by atoms with van der Waals surface area (Å²) in [5, 5.41) is 10.9. The van der Waals surface area contributed by atoms with Crippen LogP contribution in [0, 0.1) is 17.1 Å². The zero-order valence-corrected chi connectivity index (χ0v) is 17.9. The van der Waals surface area contributed by atoms with Gasteiger partial charge in [-0.05, 0) is 42.5 Å². The van der Waals surface area contributed by atoms with E-state index in [-0.39, 0.29) is 17.5 Å². The van der Waals surface area contributed by atoms with Crippen molar-refractivity contribution in [2.75, 3.05) is 43.9 Å². The minimum atomic E-state index is -0.257. The molecule has 1 aromatic heterocycles. The Balaban J connectivity index is 1.39. The molecule has 2 aromatic carbocycles. The zero-order valence-electron chi connectivity index (χ0n) is 17.0. The van der Waals surface area contributed by atoms with Gasteiger partial charge in [0, 0.05) is 43.3 Å². The van der Waals surface area contributed by atoms with Gasteiger partial charge in [-0.15, -0.1) is 0 Å². The second-order valence-electron chi connectivity index (χ2n) is 7.14. The number of nitriles is 1. The number of hydrogen-bond donors (Lipinski definition) is 0. The molecule has 1 saturated heterocycles. The number of ether oxygens (including phenoxy) is 1. The van der Waals surface area contributed by atoms with Gasteiger partial charge in [0.15, 0.2) is 0 Å². The summed E-state index contributed by atoms with van der Waals surface area (Å²) in [6, 6.07) is 15.9. The molecule has 3 aromatic rings. The smallest absolute Gasteiger partial charge is 0.233 e. The van der Waals surface area contributed by atoms with E-state index in [1.807, 2.05) is 23.1 Å². The topological polar surface area (TPSA) is 69.5 Å². The molecule has 0 bridgehead atoms. The van der Waals surface area contributed by atoms with Crippen LogP contribution in [0.4, 0.5) is 10.1 Å². The number of benzene rings is 2. The summed E-state index contributed by atoms with van der Waals surface area (Å²) in [6.45, 7) is 2.59. The Bertz CT molecular complexity index is 1140. The molecule has 0 atom stereocenters. The number of nitrogens with zero attached hydrogens (tertiary/aromatic N) is 4. The third-order valence-corrected chi connectivity index (χ3v) is 6.24. The van der Waals surface area contributed by atoms with Crippen LogP contribution < -0.4 is 9.64 Å². The van der Waals surface area contributed by atoms with Crippen LogP contribution in [-0.2, 0) is 4.79 Å². The number of carbonyl (C=O) groups is 1. The molecule has 0 unspecified atom stereocenters. The number of halogens is 1. The van der Waals surface area contributed by atoms with Gasteiger partial charge in [0.1, 0.15) is 22.7 Å². The minimum Gasteiger partial charge on any atom is -0.497 e. The lowest BCUT2D eigenvalue weighted by molar-refractivity contribution is -0.128. The van der Waals surface area contributed by atoms with Gasteiger partial charge >= 0.3 is 0 Å². The van der Waals surface area contributed by atoms with E-state index >= 15 is 0 Å². The van der Waals surface area contributed by atoms with Gasteiger partial charge < -0.3 is 14.5 Å². The van der Waals surface area contributed by atoms with Crippen LogP contribution in [-0.4, -0.2) is 54.8 Å². The quantitative estimate of drug-likeness (QED) is 0.568. The van der Waals surface area contributed by atoms with E-state index in [0.29, 0.717) is 42.5 Å². The molecule has 1 fully saturated rings. The maximum Gasteiger partial charge on any atom is 0.233 e. The van der Waals surface area contributed by atoms with Crippen molar-refractivity contribution in [3.8, 4) is 11.8 Å². The van der Waals surface area contributed by atoms with E-state index in [9.17, 15) is 14.4 Å². The molecule has 6 nitrogen and oxygen atoms in total. The number of pyridine rings is 1. The van der Waals surface area contributed by atoms with Gasteiger partial charge in [-0.1, -0.05) is 11.8 Å². The van der Waals surface area contributed by atoms with Crippen LogP contribution in [0.1, 0.15) is 5.56 Å². The highest BCUT2D eigenvalue weighted by Gasteiger charge is 2.22. The Kier molecular flexibility index (Phi) is 6.23. The fourth-order valence-corrected chi connectivity index (χ4v) is 4.40. The second-order valence-corrected chi connectivity index (χ2v) is 8.11. The van der Waals surface area contributed by atoms with Gasteiger partial charge in [0.05, 0.1) is 23.9 Å². The summed E-state index contributed by atoms with van der Waals surface area (Å²) in [5.41, 5.74) is 2.13. The Morgan fingerprint density at radius 1 is 1.16 bits per heavy atom. The number of thioether (sulfide) groups is 1. The number of methoxy groups -OCH3 is 1. The molecule has 0 N–H and O–H groups in total. The van der Waals surface area contributed by atoms with Crippen molar-refractivity contribution < 1.29 is 13.9 Å². The average molecular weight is 437 g/mol. The molecule has 31 heavy (non-hydrogen) atoms. The summed E-state index contributed by atoms with van der Waals surface area (Å²) < 4.78 is 18.4. The normalized spacial score (nSPS) is 13.8. The van der Waals surface area contributed by atoms with Gasteiger partial charge in [0.25, 0.3) is 0 Å². The average Bonchev–Trinajstić information content (AvgIpc) is 2.82. The molecule has 1 amide bonds. The lowest BCUT2D eigenvalue weighted by atomic mass is 10.1. The van der Waals surface area contributed by atoms with Crippen LogP contribution in [0.25, 0.3) is 10.9 Å². The van der Waals surface area contributed by atoms with E-state index in [4.69, 9.17) is 4.74 Å². The number of amides is 1. The summed E-state index contributed by atoms with van der Waals surface area (Å²) in [6.07, 6.45) is 0. The molecule has 0 spiro atoms. The number of carbonyl (C=O) groups excluding carboxylic acids is 1. The highest BCUT2D eigenvalue weighted by Crippen LogP contribution is 2.27. The molecule has 0 radical (unpaired) electrons. The Morgan fingerprint density at radius 3 is 2.58 bits per heavy atom. The van der Waals surface area contributed by atoms with Gasteiger partial charge in [-0.2, -0.15) is 5.26 Å². The second kappa shape index (κ2) is 9.23. The molecular weight excluding hydrogens is 415 g/mol. The van der Waals surface area contributed by atoms with Crippen LogP contribution in [0.15, 0.2) is 53.6 Å². The molecule has 2 heterocycles. The summed E-state index contributed by atoms with van der Waals surface area (Å²) in [7, 11) is 1.59. The van der Waals surface area contributed by atoms with Crippen molar-refractivity contribution >= 4 is 34.3 Å². The predicted octanol–water partition coefficient (Wildman–Crippen LogP) is 3.70. The summed E-state index contributed by atoms with van der Waals surface area (Å²) in [4.78, 5) is 21.3. The third kappa shape index (κ3) is 4.72. The predicted molar refractivity (Wildman–Crippen MR) is 119 cm³/mol. The first-order valence-electron chi connectivity index (χ1n) is 9.87. The number of anilines is 1. The van der Waals surface area contributed by atoms with Crippen molar-refractivity contribution in [1.29, 1.82) is 5.26 Å². The number of piperazine rings is 1. The zero-order chi connectivity index (χ0) is 21.8. The van der Waals surface area contributed by atoms with Crippen molar-refractivity contribution in [3.05, 3.63) is 59.9 Å². The van der Waals surface area contributed by atoms with E-state index in [2.05, 4.69) is 16.0 Å². The monoisotopic (exact) mass is 436 g/mol. The van der Waals surface area contributed by atoms with Crippen molar-refractivity contribution in [3.63, 3.8) is 0 Å². The first-order chi connectivity index (χ1) is 15.1. The van der Waals surface area contributed by atoms with Crippen LogP contribution in [0.5, 0.6) is 5.75 Å². The van der Waals surface area contributed by atoms with Gasteiger partial charge in [-0.3, -0.25) is 4.79 Å². The molecule has 158 valence electrons. The third-order valence-electron chi connectivity index (χ3n) is 5.27. The Morgan fingerprint density at radius 2 is 1.90 bits per heavy atom. The first-order valence-corrected chi connectivity index (χ1v) is 10.9. The summed E-state index contributed by atoms with van der Waals surface area (Å²) >= 11 is 1.28. The number of fused-ring (bicyclic) bond motifs is 1. The lowest BCUT2D eigenvalue weighted by Crippen LogP contribution is -2.49. The van der Waals surface area contributed by atoms with E-state index < -0.39 is 0 Å². The van der Waals surface area contributed by atoms with Crippen LogP contribution in [0.3, 0.4) is 0 Å². The molecular formula is C23H21FN4O2S.